The van der Waals surface area contributed by atoms with Crippen LogP contribution in [-0.4, -0.2) is 47.8 Å². The quantitative estimate of drug-likeness (QED) is 0.329. The van der Waals surface area contributed by atoms with Crippen LogP contribution >= 0.6 is 11.3 Å². The summed E-state index contributed by atoms with van der Waals surface area (Å²) >= 11 is 1.26. The molecule has 9 nitrogen and oxygen atoms in total. The van der Waals surface area contributed by atoms with Crippen molar-refractivity contribution in [2.24, 2.45) is 0 Å². The first-order valence-electron chi connectivity index (χ1n) is 10.5. The normalized spacial score (nSPS) is 11.2. The van der Waals surface area contributed by atoms with Gasteiger partial charge in [0.1, 0.15) is 10.4 Å². The number of aromatic nitrogens is 6. The number of aromatic amines is 1. The van der Waals surface area contributed by atoms with Crippen molar-refractivity contribution in [1.29, 1.82) is 0 Å². The van der Waals surface area contributed by atoms with E-state index in [1.165, 1.54) is 11.3 Å². The van der Waals surface area contributed by atoms with Gasteiger partial charge in [-0.2, -0.15) is 0 Å². The van der Waals surface area contributed by atoms with E-state index in [4.69, 9.17) is 0 Å². The molecule has 0 aliphatic rings. The molecule has 0 saturated heterocycles. The molecule has 0 fully saturated rings. The van der Waals surface area contributed by atoms with E-state index in [9.17, 15) is 9.90 Å². The Balaban J connectivity index is 1.52. The van der Waals surface area contributed by atoms with Crippen LogP contribution in [0, 0.1) is 6.92 Å². The van der Waals surface area contributed by atoms with Crippen LogP contribution in [-0.2, 0) is 6.54 Å². The van der Waals surface area contributed by atoms with Gasteiger partial charge in [-0.15, -0.1) is 16.4 Å². The van der Waals surface area contributed by atoms with Gasteiger partial charge in [0.15, 0.2) is 5.82 Å². The third-order valence-electron chi connectivity index (χ3n) is 5.43. The predicted molar refractivity (Wildman–Crippen MR) is 128 cm³/mol. The molecule has 0 spiro atoms. The number of anilines is 1. The number of imidazole rings is 1. The number of hydrogen-bond acceptors (Lipinski definition) is 7. The summed E-state index contributed by atoms with van der Waals surface area (Å²) in [4.78, 5) is 17.8. The molecule has 0 amide bonds. The molecule has 0 atom stereocenters. The molecule has 33 heavy (non-hydrogen) atoms. The number of fused-ring (bicyclic) bond motifs is 1. The molecule has 0 aliphatic carbocycles. The standard InChI is InChI=1S/C23H21N7O2S/c1-3-24-23-25-18-13(2)33-20(22(31)32)19(18)30(23)12-14-8-10-15(11-9-14)16-6-4-5-7-17(16)21-26-28-29-27-21/h4-11H,3,12H2,1-2H3,(H,24,25)(H,31,32)(H,26,27,28,29). The van der Waals surface area contributed by atoms with Gasteiger partial charge in [-0.05, 0) is 41.0 Å². The Bertz CT molecular complexity index is 1440. The van der Waals surface area contributed by atoms with Crippen LogP contribution in [0.5, 0.6) is 0 Å². The van der Waals surface area contributed by atoms with Gasteiger partial charge >= 0.3 is 5.97 Å². The van der Waals surface area contributed by atoms with Crippen molar-refractivity contribution in [3.63, 3.8) is 0 Å². The van der Waals surface area contributed by atoms with Gasteiger partial charge in [-0.1, -0.05) is 48.5 Å². The Kier molecular flexibility index (Phi) is 5.35. The second-order valence-electron chi connectivity index (χ2n) is 7.53. The van der Waals surface area contributed by atoms with E-state index in [0.717, 1.165) is 32.6 Å². The van der Waals surface area contributed by atoms with Crippen molar-refractivity contribution in [3.8, 4) is 22.5 Å². The molecule has 5 aromatic rings. The first-order valence-corrected chi connectivity index (χ1v) is 11.3. The number of nitrogens with zero attached hydrogens (tertiary/aromatic N) is 5. The van der Waals surface area contributed by atoms with Crippen molar-refractivity contribution in [2.75, 3.05) is 11.9 Å². The summed E-state index contributed by atoms with van der Waals surface area (Å²) in [6.07, 6.45) is 0. The number of H-pyrrole nitrogens is 1. The van der Waals surface area contributed by atoms with E-state index in [1.807, 2.05) is 54.8 Å². The Morgan fingerprint density at radius 1 is 1.15 bits per heavy atom. The van der Waals surface area contributed by atoms with Crippen LogP contribution in [0.2, 0.25) is 0 Å². The van der Waals surface area contributed by atoms with E-state index in [2.05, 4.69) is 43.1 Å². The second-order valence-corrected chi connectivity index (χ2v) is 8.76. The van der Waals surface area contributed by atoms with Crippen molar-refractivity contribution >= 4 is 34.3 Å². The summed E-state index contributed by atoms with van der Waals surface area (Å²) in [6.45, 7) is 5.09. The van der Waals surface area contributed by atoms with Gasteiger partial charge in [-0.25, -0.2) is 14.9 Å². The number of carbonyl (C=O) groups is 1. The van der Waals surface area contributed by atoms with E-state index >= 15 is 0 Å². The smallest absolute Gasteiger partial charge is 0.348 e. The molecule has 3 N–H and O–H groups in total. The van der Waals surface area contributed by atoms with Crippen molar-refractivity contribution < 1.29 is 9.90 Å². The molecule has 0 saturated carbocycles. The highest BCUT2D eigenvalue weighted by Crippen LogP contribution is 2.34. The lowest BCUT2D eigenvalue weighted by atomic mass is 9.98. The lowest BCUT2D eigenvalue weighted by Gasteiger charge is -2.12. The monoisotopic (exact) mass is 459 g/mol. The maximum absolute atomic E-state index is 11.9. The SMILES string of the molecule is CCNc1nc2c(C)sc(C(=O)O)c2n1Cc1ccc(-c2ccccc2-c2nnn[nH]2)cc1. The van der Waals surface area contributed by atoms with E-state index < -0.39 is 5.97 Å². The molecule has 2 aromatic carbocycles. The molecular weight excluding hydrogens is 438 g/mol. The highest BCUT2D eigenvalue weighted by atomic mass is 32.1. The number of benzene rings is 2. The highest BCUT2D eigenvalue weighted by Gasteiger charge is 2.23. The minimum atomic E-state index is -0.934. The summed E-state index contributed by atoms with van der Waals surface area (Å²) in [5.41, 5.74) is 5.40. The largest absolute Gasteiger partial charge is 0.477 e. The number of rotatable bonds is 7. The minimum Gasteiger partial charge on any atom is -0.477 e. The topological polar surface area (TPSA) is 122 Å². The summed E-state index contributed by atoms with van der Waals surface area (Å²) < 4.78 is 1.95. The van der Waals surface area contributed by atoms with Gasteiger partial charge in [0.25, 0.3) is 0 Å². The second kappa shape index (κ2) is 8.47. The summed E-state index contributed by atoms with van der Waals surface area (Å²) in [6, 6.07) is 16.1. The zero-order chi connectivity index (χ0) is 22.9. The van der Waals surface area contributed by atoms with E-state index in [1.54, 1.807) is 0 Å². The van der Waals surface area contributed by atoms with Crippen LogP contribution in [0.1, 0.15) is 27.0 Å². The maximum Gasteiger partial charge on any atom is 0.348 e. The van der Waals surface area contributed by atoms with Gasteiger partial charge in [0.2, 0.25) is 5.95 Å². The summed E-state index contributed by atoms with van der Waals surface area (Å²) in [5.74, 6) is 0.351. The minimum absolute atomic E-state index is 0.311. The Labute approximate surface area is 193 Å². The number of nitrogens with one attached hydrogen (secondary N) is 2. The lowest BCUT2D eigenvalue weighted by Crippen LogP contribution is -2.09. The van der Waals surface area contributed by atoms with Crippen LogP contribution in [0.15, 0.2) is 48.5 Å². The van der Waals surface area contributed by atoms with E-state index in [0.29, 0.717) is 35.3 Å². The number of hydrogen-bond donors (Lipinski definition) is 3. The summed E-state index contributed by atoms with van der Waals surface area (Å²) in [5, 5.41) is 27.2. The molecule has 3 aromatic heterocycles. The fourth-order valence-electron chi connectivity index (χ4n) is 3.96. The first-order chi connectivity index (χ1) is 16.1. The Morgan fingerprint density at radius 2 is 1.91 bits per heavy atom. The van der Waals surface area contributed by atoms with Gasteiger partial charge in [-0.3, -0.25) is 0 Å². The zero-order valence-electron chi connectivity index (χ0n) is 18.0. The van der Waals surface area contributed by atoms with Crippen LogP contribution < -0.4 is 5.32 Å². The van der Waals surface area contributed by atoms with Gasteiger partial charge < -0.3 is 15.0 Å². The third kappa shape index (κ3) is 3.74. The number of carboxylic acid groups (broad SMARTS) is 1. The first kappa shape index (κ1) is 20.8. The highest BCUT2D eigenvalue weighted by molar-refractivity contribution is 7.15. The Hall–Kier alpha value is -4.05. The molecule has 0 radical (unpaired) electrons. The van der Waals surface area contributed by atoms with Crippen LogP contribution in [0.3, 0.4) is 0 Å². The number of thiophene rings is 1. The average Bonchev–Trinajstić information content (AvgIpc) is 3.54. The third-order valence-corrected chi connectivity index (χ3v) is 6.51. The van der Waals surface area contributed by atoms with E-state index in [-0.39, 0.29) is 0 Å². The maximum atomic E-state index is 11.9. The number of aryl methyl sites for hydroxylation is 1. The fourth-order valence-corrected chi connectivity index (χ4v) is 4.89. The molecule has 0 bridgehead atoms. The van der Waals surface area contributed by atoms with Gasteiger partial charge in [0.05, 0.1) is 12.1 Å². The number of carboxylic acids is 1. The molecule has 0 aliphatic heterocycles. The van der Waals surface area contributed by atoms with Crippen molar-refractivity contribution in [3.05, 3.63) is 63.8 Å². The van der Waals surface area contributed by atoms with Crippen molar-refractivity contribution in [2.45, 2.75) is 20.4 Å². The van der Waals surface area contributed by atoms with Gasteiger partial charge in [0, 0.05) is 17.0 Å². The molecule has 3 heterocycles. The molecule has 166 valence electrons. The average molecular weight is 460 g/mol. The molecule has 0 unspecified atom stereocenters. The van der Waals surface area contributed by atoms with Crippen LogP contribution in [0.25, 0.3) is 33.5 Å². The summed E-state index contributed by atoms with van der Waals surface area (Å²) in [7, 11) is 0. The fraction of sp³-hybridized carbons (Fsp3) is 0.174. The zero-order valence-corrected chi connectivity index (χ0v) is 18.8. The predicted octanol–water partition coefficient (Wildman–Crippen LogP) is 4.43. The van der Waals surface area contributed by atoms with Crippen molar-refractivity contribution in [1.82, 2.24) is 30.2 Å². The molecule has 10 heteroatoms. The number of aromatic carboxylic acids is 1. The number of tetrazole rings is 1. The molecular formula is C23H21N7O2S. The molecule has 5 rings (SSSR count). The lowest BCUT2D eigenvalue weighted by molar-refractivity contribution is 0.0703. The van der Waals surface area contributed by atoms with Crippen LogP contribution in [0.4, 0.5) is 5.95 Å². The Morgan fingerprint density at radius 3 is 2.58 bits per heavy atom.